The van der Waals surface area contributed by atoms with Crippen LogP contribution in [0.1, 0.15) is 1.43 Å². The molecule has 3 amide bonds. The molecule has 0 aromatic rings. The molecule has 0 aromatic heterocycles. The van der Waals surface area contributed by atoms with E-state index in [1.807, 2.05) is 0 Å². The average Bonchev–Trinajstić information content (AvgIpc) is 2.18. The average molecular weight is 156 g/mol. The summed E-state index contributed by atoms with van der Waals surface area (Å²) in [5, 5.41) is 0. The number of carbonyl (C=O) groups is 3. The Labute approximate surface area is 63.9 Å². The zero-order valence-electron chi connectivity index (χ0n) is 5.61. The van der Waals surface area contributed by atoms with Gasteiger partial charge in [-0.15, -0.1) is 0 Å². The van der Waals surface area contributed by atoms with Gasteiger partial charge in [0.2, 0.25) is 5.91 Å². The van der Waals surface area contributed by atoms with Gasteiger partial charge in [-0.2, -0.15) is 0 Å². The van der Waals surface area contributed by atoms with Crippen LogP contribution in [-0.2, 0) is 14.4 Å². The standard InChI is InChI=1S/C6H6N2O3.H2/c7-4(9)3-8-5(10)1-2-6(8)11;/h1-2H,3H2,(H2,7,9);1H. The molecule has 1 heterocycles. The second-order valence-corrected chi connectivity index (χ2v) is 2.06. The molecule has 60 valence electrons. The van der Waals surface area contributed by atoms with Crippen LogP contribution in [0.15, 0.2) is 12.2 Å². The molecule has 11 heavy (non-hydrogen) atoms. The van der Waals surface area contributed by atoms with E-state index in [0.29, 0.717) is 0 Å². The van der Waals surface area contributed by atoms with E-state index >= 15 is 0 Å². The van der Waals surface area contributed by atoms with Gasteiger partial charge in [-0.3, -0.25) is 19.3 Å². The van der Waals surface area contributed by atoms with E-state index in [4.69, 9.17) is 5.73 Å². The first kappa shape index (κ1) is 7.46. The molecule has 1 rings (SSSR count). The third-order valence-electron chi connectivity index (χ3n) is 1.21. The molecule has 0 bridgehead atoms. The minimum Gasteiger partial charge on any atom is -0.368 e. The SMILES string of the molecule is NC(=O)CN1C(=O)C=CC1=O.[HH]. The monoisotopic (exact) mass is 156 g/mol. The molecular formula is C6H8N2O3. The first-order valence-electron chi connectivity index (χ1n) is 2.93. The lowest BCUT2D eigenvalue weighted by atomic mass is 10.5. The molecule has 5 heteroatoms. The minimum atomic E-state index is -0.699. The molecule has 0 saturated carbocycles. The Morgan fingerprint density at radius 1 is 1.45 bits per heavy atom. The maximum Gasteiger partial charge on any atom is 0.254 e. The molecule has 1 aliphatic rings. The number of primary amides is 1. The van der Waals surface area contributed by atoms with Gasteiger partial charge in [0.15, 0.2) is 0 Å². The van der Waals surface area contributed by atoms with Crippen molar-refractivity contribution < 1.29 is 15.8 Å². The summed E-state index contributed by atoms with van der Waals surface area (Å²) in [5.41, 5.74) is 4.78. The molecule has 1 aliphatic heterocycles. The van der Waals surface area contributed by atoms with Crippen molar-refractivity contribution in [3.05, 3.63) is 12.2 Å². The quantitative estimate of drug-likeness (QED) is 0.501. The molecule has 0 radical (unpaired) electrons. The Morgan fingerprint density at radius 3 is 2.27 bits per heavy atom. The number of hydrogen-bond donors (Lipinski definition) is 1. The van der Waals surface area contributed by atoms with Crippen molar-refractivity contribution in [2.45, 2.75) is 0 Å². The van der Waals surface area contributed by atoms with Gasteiger partial charge in [0.1, 0.15) is 6.54 Å². The lowest BCUT2D eigenvalue weighted by Crippen LogP contribution is -2.37. The van der Waals surface area contributed by atoms with Gasteiger partial charge in [0.05, 0.1) is 0 Å². The van der Waals surface area contributed by atoms with Crippen molar-refractivity contribution in [3.8, 4) is 0 Å². The topological polar surface area (TPSA) is 80.5 Å². The van der Waals surface area contributed by atoms with E-state index in [2.05, 4.69) is 0 Å². The Hall–Kier alpha value is -1.65. The largest absolute Gasteiger partial charge is 0.368 e. The van der Waals surface area contributed by atoms with Gasteiger partial charge in [-0.05, 0) is 0 Å². The maximum atomic E-state index is 10.7. The molecule has 0 aliphatic carbocycles. The highest BCUT2D eigenvalue weighted by Crippen LogP contribution is 2.01. The van der Waals surface area contributed by atoms with Crippen LogP contribution in [0.5, 0.6) is 0 Å². The smallest absolute Gasteiger partial charge is 0.254 e. The van der Waals surface area contributed by atoms with Gasteiger partial charge in [0.25, 0.3) is 11.8 Å². The summed E-state index contributed by atoms with van der Waals surface area (Å²) < 4.78 is 0. The minimum absolute atomic E-state index is 0. The van der Waals surface area contributed by atoms with Gasteiger partial charge < -0.3 is 5.73 Å². The summed E-state index contributed by atoms with van der Waals surface area (Å²) in [6.45, 7) is -0.343. The lowest BCUT2D eigenvalue weighted by Gasteiger charge is -2.09. The Kier molecular flexibility index (Phi) is 1.72. The van der Waals surface area contributed by atoms with Crippen LogP contribution in [-0.4, -0.2) is 29.2 Å². The first-order valence-corrected chi connectivity index (χ1v) is 2.93. The van der Waals surface area contributed by atoms with Crippen molar-refractivity contribution in [3.63, 3.8) is 0 Å². The van der Waals surface area contributed by atoms with Crippen molar-refractivity contribution >= 4 is 17.7 Å². The summed E-state index contributed by atoms with van der Waals surface area (Å²) in [4.78, 5) is 32.5. The van der Waals surface area contributed by atoms with Crippen LogP contribution in [0, 0.1) is 0 Å². The van der Waals surface area contributed by atoms with E-state index in [0.717, 1.165) is 17.1 Å². The van der Waals surface area contributed by atoms with Crippen LogP contribution in [0.3, 0.4) is 0 Å². The van der Waals surface area contributed by atoms with Crippen LogP contribution in [0.2, 0.25) is 0 Å². The number of carbonyl (C=O) groups excluding carboxylic acids is 3. The number of imide groups is 1. The van der Waals surface area contributed by atoms with Gasteiger partial charge in [-0.1, -0.05) is 0 Å². The van der Waals surface area contributed by atoms with E-state index in [-0.39, 0.29) is 7.97 Å². The fourth-order valence-electron chi connectivity index (χ4n) is 0.743. The Bertz CT molecular complexity index is 244. The predicted molar refractivity (Wildman–Crippen MR) is 37.2 cm³/mol. The third kappa shape index (κ3) is 1.43. The molecule has 0 aromatic carbocycles. The summed E-state index contributed by atoms with van der Waals surface area (Å²) in [7, 11) is 0. The molecule has 0 saturated heterocycles. The van der Waals surface area contributed by atoms with Crippen molar-refractivity contribution in [2.75, 3.05) is 6.54 Å². The highest BCUT2D eigenvalue weighted by atomic mass is 16.2. The number of hydrogen-bond acceptors (Lipinski definition) is 3. The highest BCUT2D eigenvalue weighted by molar-refractivity contribution is 6.14. The van der Waals surface area contributed by atoms with Crippen LogP contribution in [0.25, 0.3) is 0 Å². The Balaban J connectivity index is 0.00000121. The summed E-state index contributed by atoms with van der Waals surface area (Å²) in [6, 6.07) is 0. The lowest BCUT2D eigenvalue weighted by molar-refractivity contribution is -0.140. The van der Waals surface area contributed by atoms with Gasteiger partial charge in [-0.25, -0.2) is 0 Å². The van der Waals surface area contributed by atoms with E-state index < -0.39 is 17.7 Å². The zero-order chi connectivity index (χ0) is 8.43. The molecular weight excluding hydrogens is 148 g/mol. The second-order valence-electron chi connectivity index (χ2n) is 2.06. The number of nitrogens with zero attached hydrogens (tertiary/aromatic N) is 1. The van der Waals surface area contributed by atoms with E-state index in [9.17, 15) is 14.4 Å². The van der Waals surface area contributed by atoms with E-state index in [1.54, 1.807) is 0 Å². The van der Waals surface area contributed by atoms with Crippen molar-refractivity contribution in [1.29, 1.82) is 0 Å². The molecule has 0 atom stereocenters. The molecule has 0 unspecified atom stereocenters. The maximum absolute atomic E-state index is 10.7. The van der Waals surface area contributed by atoms with Gasteiger partial charge in [0, 0.05) is 13.6 Å². The molecule has 0 fully saturated rings. The zero-order valence-corrected chi connectivity index (χ0v) is 5.61. The molecule has 5 nitrogen and oxygen atoms in total. The molecule has 0 spiro atoms. The third-order valence-corrected chi connectivity index (χ3v) is 1.21. The van der Waals surface area contributed by atoms with Crippen LogP contribution >= 0.6 is 0 Å². The normalized spacial score (nSPS) is 16.2. The first-order chi connectivity index (χ1) is 5.11. The summed E-state index contributed by atoms with van der Waals surface area (Å²) in [5.74, 6) is -1.68. The molecule has 2 N–H and O–H groups in total. The Morgan fingerprint density at radius 2 is 1.91 bits per heavy atom. The fraction of sp³-hybridized carbons (Fsp3) is 0.167. The van der Waals surface area contributed by atoms with Gasteiger partial charge >= 0.3 is 0 Å². The van der Waals surface area contributed by atoms with Crippen molar-refractivity contribution in [2.24, 2.45) is 5.73 Å². The number of nitrogens with two attached hydrogens (primary N) is 1. The number of rotatable bonds is 2. The predicted octanol–water partition coefficient (Wildman–Crippen LogP) is -1.36. The summed E-state index contributed by atoms with van der Waals surface area (Å²) in [6.07, 6.45) is 2.20. The van der Waals surface area contributed by atoms with Crippen molar-refractivity contribution in [1.82, 2.24) is 4.90 Å². The summed E-state index contributed by atoms with van der Waals surface area (Å²) >= 11 is 0. The highest BCUT2D eigenvalue weighted by Gasteiger charge is 2.24. The van der Waals surface area contributed by atoms with E-state index in [1.165, 1.54) is 0 Å². The number of amides is 3. The van der Waals surface area contributed by atoms with Crippen LogP contribution in [0.4, 0.5) is 0 Å². The fourth-order valence-corrected chi connectivity index (χ4v) is 0.743. The van der Waals surface area contributed by atoms with Crippen LogP contribution < -0.4 is 5.73 Å². The second kappa shape index (κ2) is 2.53.